The SMILES string of the molecule is CCCCc1ccc2c(c1)C1(OCCO1)C(=O)N2Cc1ccccc1Cl. The maximum atomic E-state index is 13.3. The smallest absolute Gasteiger partial charge is 0.292 e. The van der Waals surface area contributed by atoms with Crippen LogP contribution in [0.1, 0.15) is 36.5 Å². The zero-order valence-corrected chi connectivity index (χ0v) is 15.6. The summed E-state index contributed by atoms with van der Waals surface area (Å²) in [6.45, 7) is 3.41. The predicted octanol–water partition coefficient (Wildman–Crippen LogP) is 4.43. The van der Waals surface area contributed by atoms with Crippen LogP contribution in [0.3, 0.4) is 0 Å². The van der Waals surface area contributed by atoms with E-state index in [0.717, 1.165) is 36.1 Å². The van der Waals surface area contributed by atoms with Crippen LogP contribution in [0, 0.1) is 0 Å². The van der Waals surface area contributed by atoms with Gasteiger partial charge in [0.25, 0.3) is 11.7 Å². The molecule has 0 saturated carbocycles. The molecule has 0 bridgehead atoms. The van der Waals surface area contributed by atoms with Crippen molar-refractivity contribution in [3.63, 3.8) is 0 Å². The Morgan fingerprint density at radius 2 is 1.92 bits per heavy atom. The minimum atomic E-state index is -1.29. The highest BCUT2D eigenvalue weighted by atomic mass is 35.5. The molecule has 2 aromatic rings. The van der Waals surface area contributed by atoms with E-state index in [1.807, 2.05) is 30.3 Å². The minimum Gasteiger partial charge on any atom is -0.336 e. The zero-order chi connectivity index (χ0) is 18.1. The summed E-state index contributed by atoms with van der Waals surface area (Å²) in [7, 11) is 0. The molecular weight excluding hydrogens is 350 g/mol. The Hall–Kier alpha value is -1.88. The third kappa shape index (κ3) is 2.82. The largest absolute Gasteiger partial charge is 0.336 e. The van der Waals surface area contributed by atoms with Crippen LogP contribution < -0.4 is 4.90 Å². The molecule has 4 rings (SSSR count). The number of hydrogen-bond donors (Lipinski definition) is 0. The molecule has 0 radical (unpaired) electrons. The van der Waals surface area contributed by atoms with Gasteiger partial charge >= 0.3 is 0 Å². The highest BCUT2D eigenvalue weighted by molar-refractivity contribution is 6.31. The van der Waals surface area contributed by atoms with Crippen molar-refractivity contribution in [1.82, 2.24) is 0 Å². The Bertz CT molecular complexity index is 830. The lowest BCUT2D eigenvalue weighted by Crippen LogP contribution is -2.41. The van der Waals surface area contributed by atoms with Gasteiger partial charge in [-0.05, 0) is 42.2 Å². The van der Waals surface area contributed by atoms with E-state index in [1.165, 1.54) is 5.56 Å². The van der Waals surface area contributed by atoms with Crippen molar-refractivity contribution in [2.24, 2.45) is 0 Å². The Labute approximate surface area is 158 Å². The number of benzene rings is 2. The molecule has 0 atom stereocenters. The highest BCUT2D eigenvalue weighted by Crippen LogP contribution is 2.47. The van der Waals surface area contributed by atoms with Crippen LogP contribution in [0.4, 0.5) is 5.69 Å². The molecule has 1 saturated heterocycles. The highest BCUT2D eigenvalue weighted by Gasteiger charge is 2.56. The van der Waals surface area contributed by atoms with Gasteiger partial charge in [-0.2, -0.15) is 0 Å². The lowest BCUT2D eigenvalue weighted by Gasteiger charge is -2.22. The molecule has 2 aliphatic heterocycles. The molecule has 136 valence electrons. The van der Waals surface area contributed by atoms with Crippen LogP contribution in [0.15, 0.2) is 42.5 Å². The van der Waals surface area contributed by atoms with E-state index in [4.69, 9.17) is 21.1 Å². The molecule has 0 unspecified atom stereocenters. The molecule has 2 heterocycles. The van der Waals surface area contributed by atoms with E-state index in [1.54, 1.807) is 4.90 Å². The summed E-state index contributed by atoms with van der Waals surface area (Å²) in [5.74, 6) is -1.46. The van der Waals surface area contributed by atoms with Crippen molar-refractivity contribution in [3.05, 3.63) is 64.2 Å². The third-order valence-corrected chi connectivity index (χ3v) is 5.40. The van der Waals surface area contributed by atoms with E-state index in [0.29, 0.717) is 24.8 Å². The Morgan fingerprint density at radius 3 is 2.65 bits per heavy atom. The Morgan fingerprint density at radius 1 is 1.15 bits per heavy atom. The number of anilines is 1. The number of unbranched alkanes of at least 4 members (excludes halogenated alkanes) is 1. The number of ether oxygens (including phenoxy) is 2. The first-order valence-electron chi connectivity index (χ1n) is 9.12. The maximum Gasteiger partial charge on any atom is 0.292 e. The lowest BCUT2D eigenvalue weighted by molar-refractivity contribution is -0.180. The molecule has 1 fully saturated rings. The van der Waals surface area contributed by atoms with Crippen molar-refractivity contribution >= 4 is 23.2 Å². The average Bonchev–Trinajstić information content (AvgIpc) is 3.23. The van der Waals surface area contributed by atoms with E-state index >= 15 is 0 Å². The first-order valence-corrected chi connectivity index (χ1v) is 9.50. The van der Waals surface area contributed by atoms with Gasteiger partial charge in [0.2, 0.25) is 0 Å². The van der Waals surface area contributed by atoms with Gasteiger partial charge in [0.05, 0.1) is 25.4 Å². The van der Waals surface area contributed by atoms with Gasteiger partial charge in [0, 0.05) is 10.6 Å². The van der Waals surface area contributed by atoms with E-state index in [2.05, 4.69) is 19.1 Å². The van der Waals surface area contributed by atoms with E-state index in [-0.39, 0.29) is 5.91 Å². The second kappa shape index (κ2) is 7.03. The molecule has 1 spiro atoms. The topological polar surface area (TPSA) is 38.8 Å². The maximum absolute atomic E-state index is 13.3. The van der Waals surface area contributed by atoms with Crippen molar-refractivity contribution in [2.45, 2.75) is 38.5 Å². The first-order chi connectivity index (χ1) is 12.7. The van der Waals surface area contributed by atoms with Gasteiger partial charge in [-0.25, -0.2) is 0 Å². The van der Waals surface area contributed by atoms with Gasteiger partial charge in [0.1, 0.15) is 0 Å². The molecule has 0 N–H and O–H groups in total. The minimum absolute atomic E-state index is 0.169. The van der Waals surface area contributed by atoms with E-state index < -0.39 is 5.79 Å². The van der Waals surface area contributed by atoms with Crippen LogP contribution in [-0.4, -0.2) is 19.1 Å². The monoisotopic (exact) mass is 371 g/mol. The van der Waals surface area contributed by atoms with Crippen LogP contribution in [-0.2, 0) is 33.0 Å². The summed E-state index contributed by atoms with van der Waals surface area (Å²) < 4.78 is 11.7. The van der Waals surface area contributed by atoms with Gasteiger partial charge < -0.3 is 14.4 Å². The van der Waals surface area contributed by atoms with Gasteiger partial charge in [0.15, 0.2) is 0 Å². The van der Waals surface area contributed by atoms with Gasteiger partial charge in [-0.1, -0.05) is 49.2 Å². The quantitative estimate of drug-likeness (QED) is 0.780. The van der Waals surface area contributed by atoms with Crippen molar-refractivity contribution in [1.29, 1.82) is 0 Å². The second-order valence-electron chi connectivity index (χ2n) is 6.75. The van der Waals surface area contributed by atoms with Crippen LogP contribution in [0.2, 0.25) is 5.02 Å². The number of halogens is 1. The van der Waals surface area contributed by atoms with Crippen molar-refractivity contribution in [3.8, 4) is 0 Å². The average molecular weight is 372 g/mol. The number of aryl methyl sites for hydroxylation is 1. The summed E-state index contributed by atoms with van der Waals surface area (Å²) in [4.78, 5) is 15.0. The number of carbonyl (C=O) groups is 1. The molecule has 2 aromatic carbocycles. The number of amides is 1. The second-order valence-corrected chi connectivity index (χ2v) is 7.16. The number of nitrogens with zero attached hydrogens (tertiary/aromatic N) is 1. The molecule has 26 heavy (non-hydrogen) atoms. The summed E-state index contributed by atoms with van der Waals surface area (Å²) >= 11 is 6.31. The fourth-order valence-corrected chi connectivity index (χ4v) is 3.86. The molecule has 5 heteroatoms. The van der Waals surface area contributed by atoms with Crippen molar-refractivity contribution < 1.29 is 14.3 Å². The normalized spacial score (nSPS) is 17.9. The molecule has 0 aromatic heterocycles. The van der Waals surface area contributed by atoms with Crippen LogP contribution in [0.5, 0.6) is 0 Å². The van der Waals surface area contributed by atoms with Gasteiger partial charge in [-0.15, -0.1) is 0 Å². The van der Waals surface area contributed by atoms with E-state index in [9.17, 15) is 4.79 Å². The number of hydrogen-bond acceptors (Lipinski definition) is 3. The zero-order valence-electron chi connectivity index (χ0n) is 14.8. The number of rotatable bonds is 5. The van der Waals surface area contributed by atoms with Crippen LogP contribution >= 0.6 is 11.6 Å². The summed E-state index contributed by atoms with van der Waals surface area (Å²) in [6.07, 6.45) is 3.23. The fraction of sp³-hybridized carbons (Fsp3) is 0.381. The first kappa shape index (κ1) is 17.5. The summed E-state index contributed by atoms with van der Waals surface area (Å²) in [5, 5.41) is 0.649. The Balaban J connectivity index is 1.74. The molecule has 2 aliphatic rings. The number of carbonyl (C=O) groups excluding carboxylic acids is 1. The lowest BCUT2D eigenvalue weighted by atomic mass is 10.0. The Kier molecular flexibility index (Phi) is 4.74. The van der Waals surface area contributed by atoms with Crippen LogP contribution in [0.25, 0.3) is 0 Å². The van der Waals surface area contributed by atoms with Crippen molar-refractivity contribution in [2.75, 3.05) is 18.1 Å². The summed E-state index contributed by atoms with van der Waals surface area (Å²) in [6, 6.07) is 13.8. The predicted molar refractivity (Wildman–Crippen MR) is 101 cm³/mol. The molecule has 0 aliphatic carbocycles. The third-order valence-electron chi connectivity index (χ3n) is 5.03. The molecule has 4 nitrogen and oxygen atoms in total. The number of fused-ring (bicyclic) bond motifs is 2. The van der Waals surface area contributed by atoms with Gasteiger partial charge in [-0.3, -0.25) is 4.79 Å². The summed E-state index contributed by atoms with van der Waals surface area (Å²) in [5.41, 5.74) is 3.77. The fourth-order valence-electron chi connectivity index (χ4n) is 3.67. The molecular formula is C21H22ClNO3. The molecule has 1 amide bonds. The standard InChI is InChI=1S/C21H22ClNO3/c1-2-3-6-15-9-10-19-17(13-15)21(25-11-12-26-21)20(24)23(19)14-16-7-4-5-8-18(16)22/h4-5,7-10,13H,2-3,6,11-12,14H2,1H3.